The molecule has 1 aliphatic heterocycles. The number of hydrogen-bond donors (Lipinski definition) is 1. The first-order valence-electron chi connectivity index (χ1n) is 11.5. The summed E-state index contributed by atoms with van der Waals surface area (Å²) in [5.41, 5.74) is 0.147. The second-order valence-corrected chi connectivity index (χ2v) is 10.8. The lowest BCUT2D eigenvalue weighted by Gasteiger charge is -2.26. The van der Waals surface area contributed by atoms with Crippen LogP contribution >= 0.6 is 11.6 Å². The number of alkyl halides is 3. The van der Waals surface area contributed by atoms with E-state index in [1.165, 1.54) is 18.2 Å². The van der Waals surface area contributed by atoms with E-state index in [1.54, 1.807) is 24.8 Å². The summed E-state index contributed by atoms with van der Waals surface area (Å²) in [6.45, 7) is 4.79. The van der Waals surface area contributed by atoms with Gasteiger partial charge in [-0.05, 0) is 50.1 Å². The molecular weight excluding hydrogens is 543 g/mol. The molecule has 3 heterocycles. The summed E-state index contributed by atoms with van der Waals surface area (Å²) < 4.78 is 67.8. The number of nitrogens with one attached hydrogen (secondary N) is 1. The molecule has 1 aliphatic rings. The van der Waals surface area contributed by atoms with Crippen molar-refractivity contribution < 1.29 is 21.6 Å². The van der Waals surface area contributed by atoms with Crippen molar-refractivity contribution in [3.63, 3.8) is 0 Å². The van der Waals surface area contributed by atoms with Gasteiger partial charge in [0.05, 0.1) is 21.8 Å². The summed E-state index contributed by atoms with van der Waals surface area (Å²) in [4.78, 5) is 15.7. The van der Waals surface area contributed by atoms with Crippen LogP contribution in [0, 0.1) is 25.2 Å². The van der Waals surface area contributed by atoms with Gasteiger partial charge in [-0.2, -0.15) is 18.4 Å². The highest BCUT2D eigenvalue weighted by atomic mass is 35.5. The lowest BCUT2D eigenvalue weighted by molar-refractivity contribution is -0.141. The maximum absolute atomic E-state index is 13.1. The fraction of sp³-hybridized carbons (Fsp3) is 0.333. The number of aryl methyl sites for hydroxylation is 1. The Morgan fingerprint density at radius 3 is 2.47 bits per heavy atom. The van der Waals surface area contributed by atoms with Crippen LogP contribution in [0.2, 0.25) is 5.02 Å². The Hall–Kier alpha value is -3.63. The van der Waals surface area contributed by atoms with E-state index >= 15 is 0 Å². The van der Waals surface area contributed by atoms with Crippen molar-refractivity contribution in [3.8, 4) is 6.07 Å². The Balaban J connectivity index is 1.60. The highest BCUT2D eigenvalue weighted by molar-refractivity contribution is 7.92. The summed E-state index contributed by atoms with van der Waals surface area (Å²) >= 11 is 5.95. The van der Waals surface area contributed by atoms with Crippen LogP contribution in [0.25, 0.3) is 0 Å². The average molecular weight is 566 g/mol. The number of nitriles is 1. The second-order valence-electron chi connectivity index (χ2n) is 8.64. The number of anilines is 3. The van der Waals surface area contributed by atoms with Crippen molar-refractivity contribution >= 4 is 39.1 Å². The second kappa shape index (κ2) is 10.6. The molecule has 1 aromatic carbocycles. The molecule has 2 aromatic heterocycles. The van der Waals surface area contributed by atoms with Crippen LogP contribution < -0.4 is 14.5 Å². The number of benzene rings is 1. The highest BCUT2D eigenvalue weighted by Crippen LogP contribution is 2.32. The van der Waals surface area contributed by atoms with E-state index in [2.05, 4.69) is 25.7 Å². The monoisotopic (exact) mass is 565 g/mol. The number of sulfonamides is 1. The van der Waals surface area contributed by atoms with Gasteiger partial charge in [0.15, 0.2) is 0 Å². The van der Waals surface area contributed by atoms with Crippen molar-refractivity contribution in [1.29, 1.82) is 5.26 Å². The minimum atomic E-state index is -4.58. The normalized spacial score (nSPS) is 14.7. The molecule has 0 amide bonds. The van der Waals surface area contributed by atoms with Gasteiger partial charge in [0.2, 0.25) is 5.95 Å². The smallest absolute Gasteiger partial charge is 0.354 e. The number of hydrogen-bond acceptors (Lipinski definition) is 8. The molecule has 1 fully saturated rings. The van der Waals surface area contributed by atoms with Crippen LogP contribution in [0.3, 0.4) is 0 Å². The molecule has 4 rings (SSSR count). The zero-order valence-electron chi connectivity index (χ0n) is 20.4. The predicted molar refractivity (Wildman–Crippen MR) is 137 cm³/mol. The van der Waals surface area contributed by atoms with E-state index < -0.39 is 21.9 Å². The van der Waals surface area contributed by atoms with Gasteiger partial charge in [-0.15, -0.1) is 0 Å². The summed E-state index contributed by atoms with van der Waals surface area (Å²) in [7, 11) is -4.00. The fourth-order valence-electron chi connectivity index (χ4n) is 4.16. The number of aromatic nitrogens is 3. The molecule has 0 bridgehead atoms. The first-order chi connectivity index (χ1) is 17.9. The standard InChI is InChI=1S/C24H23ClF3N7O2S/c1-15-19(14-29)22(31-16(2)21(15)33-38(36,37)18-6-3-5-17(25)13-18)34-9-4-10-35(12-11-34)23-30-8-7-20(32-23)24(26,27)28/h3,5-8,13,33H,4,9-12H2,1-2H3. The van der Waals surface area contributed by atoms with Crippen LogP contribution in [0.4, 0.5) is 30.6 Å². The molecule has 0 radical (unpaired) electrons. The van der Waals surface area contributed by atoms with Gasteiger partial charge in [0.1, 0.15) is 17.6 Å². The van der Waals surface area contributed by atoms with Gasteiger partial charge in [-0.25, -0.2) is 23.4 Å². The molecule has 38 heavy (non-hydrogen) atoms. The Bertz CT molecular complexity index is 1510. The van der Waals surface area contributed by atoms with E-state index in [4.69, 9.17) is 11.6 Å². The molecule has 0 atom stereocenters. The molecule has 0 spiro atoms. The first-order valence-corrected chi connectivity index (χ1v) is 13.4. The highest BCUT2D eigenvalue weighted by Gasteiger charge is 2.33. The number of pyridine rings is 1. The lowest BCUT2D eigenvalue weighted by atomic mass is 10.1. The van der Waals surface area contributed by atoms with Crippen molar-refractivity contribution in [2.75, 3.05) is 40.7 Å². The molecule has 9 nitrogen and oxygen atoms in total. The third-order valence-electron chi connectivity index (χ3n) is 6.08. The van der Waals surface area contributed by atoms with Gasteiger partial charge in [-0.3, -0.25) is 4.72 Å². The third kappa shape index (κ3) is 5.76. The summed E-state index contributed by atoms with van der Waals surface area (Å²) in [5, 5.41) is 10.2. The molecule has 0 unspecified atom stereocenters. The lowest BCUT2D eigenvalue weighted by Crippen LogP contribution is -2.33. The van der Waals surface area contributed by atoms with Crippen molar-refractivity contribution in [2.45, 2.75) is 31.3 Å². The average Bonchev–Trinajstić information content (AvgIpc) is 3.12. The topological polar surface area (TPSA) is 115 Å². The predicted octanol–water partition coefficient (Wildman–Crippen LogP) is 4.55. The van der Waals surface area contributed by atoms with E-state index in [0.717, 1.165) is 12.3 Å². The van der Waals surface area contributed by atoms with Crippen LogP contribution in [0.5, 0.6) is 0 Å². The molecule has 200 valence electrons. The summed E-state index contributed by atoms with van der Waals surface area (Å²) in [6, 6.07) is 8.75. The Labute approximate surface area is 223 Å². The minimum Gasteiger partial charge on any atom is -0.354 e. The van der Waals surface area contributed by atoms with Crippen molar-refractivity contribution in [2.24, 2.45) is 0 Å². The molecule has 0 aliphatic carbocycles. The molecular formula is C24H23ClF3N7O2S. The van der Waals surface area contributed by atoms with Crippen LogP contribution in [0.1, 0.15) is 28.9 Å². The molecule has 1 saturated heterocycles. The van der Waals surface area contributed by atoms with Crippen LogP contribution in [-0.2, 0) is 16.2 Å². The minimum absolute atomic E-state index is 0.0201. The molecule has 0 saturated carbocycles. The van der Waals surface area contributed by atoms with E-state index in [1.807, 2.05) is 4.90 Å². The Morgan fingerprint density at radius 1 is 1.08 bits per heavy atom. The molecule has 14 heteroatoms. The third-order valence-corrected chi connectivity index (χ3v) is 7.66. The largest absolute Gasteiger partial charge is 0.433 e. The van der Waals surface area contributed by atoms with E-state index in [0.29, 0.717) is 49.7 Å². The van der Waals surface area contributed by atoms with Crippen molar-refractivity contribution in [1.82, 2.24) is 15.0 Å². The first kappa shape index (κ1) is 27.4. The SMILES string of the molecule is Cc1nc(N2CCCN(c3nccc(C(F)(F)F)n3)CC2)c(C#N)c(C)c1NS(=O)(=O)c1cccc(Cl)c1. The Kier molecular flexibility index (Phi) is 7.66. The quantitative estimate of drug-likeness (QED) is 0.479. The maximum Gasteiger partial charge on any atom is 0.433 e. The van der Waals surface area contributed by atoms with E-state index in [9.17, 15) is 26.9 Å². The Morgan fingerprint density at radius 2 is 1.79 bits per heavy atom. The summed E-state index contributed by atoms with van der Waals surface area (Å²) in [5.74, 6) is 0.355. The molecule has 1 N–H and O–H groups in total. The molecule has 3 aromatic rings. The van der Waals surface area contributed by atoms with Gasteiger partial charge in [0.25, 0.3) is 10.0 Å². The zero-order valence-corrected chi connectivity index (χ0v) is 22.0. The van der Waals surface area contributed by atoms with E-state index in [-0.39, 0.29) is 27.1 Å². The van der Waals surface area contributed by atoms with Crippen LogP contribution in [-0.4, -0.2) is 49.5 Å². The van der Waals surface area contributed by atoms with Gasteiger partial charge >= 0.3 is 6.18 Å². The number of rotatable bonds is 5. The van der Waals surface area contributed by atoms with Crippen LogP contribution in [0.15, 0.2) is 41.4 Å². The van der Waals surface area contributed by atoms with Gasteiger partial charge < -0.3 is 9.80 Å². The number of halogens is 4. The zero-order chi connectivity index (χ0) is 27.7. The van der Waals surface area contributed by atoms with Crippen molar-refractivity contribution in [3.05, 3.63) is 64.1 Å². The fourth-order valence-corrected chi connectivity index (χ4v) is 5.65. The summed E-state index contributed by atoms with van der Waals surface area (Å²) in [6.07, 6.45) is -2.95. The van der Waals surface area contributed by atoms with Gasteiger partial charge in [-0.1, -0.05) is 17.7 Å². The number of nitrogens with zero attached hydrogens (tertiary/aromatic N) is 6. The van der Waals surface area contributed by atoms with Gasteiger partial charge in [0, 0.05) is 37.4 Å². The maximum atomic E-state index is 13.1.